The molecule has 2 aromatic rings. The zero-order chi connectivity index (χ0) is 17.6. The van der Waals surface area contributed by atoms with E-state index >= 15 is 0 Å². The number of hydrogen-bond acceptors (Lipinski definition) is 4. The Bertz CT molecular complexity index is 858. The molecule has 7 heteroatoms. The van der Waals surface area contributed by atoms with Gasteiger partial charge in [-0.2, -0.15) is 5.10 Å². The topological polar surface area (TPSA) is 89.5 Å². The van der Waals surface area contributed by atoms with Crippen molar-refractivity contribution < 1.29 is 14.7 Å². The molecule has 0 saturated heterocycles. The van der Waals surface area contributed by atoms with Gasteiger partial charge in [-0.05, 0) is 23.6 Å². The number of carbonyl (C=O) groups excluding carboxylic acids is 1. The summed E-state index contributed by atoms with van der Waals surface area (Å²) in [5.41, 5.74) is 5.01. The first-order valence-electron chi connectivity index (χ1n) is 8.43. The van der Waals surface area contributed by atoms with Gasteiger partial charge in [0.25, 0.3) is 0 Å². The van der Waals surface area contributed by atoms with Crippen LogP contribution in [-0.4, -0.2) is 52.2 Å². The molecule has 1 aromatic carbocycles. The zero-order valence-corrected chi connectivity index (χ0v) is 14.1. The molecule has 0 fully saturated rings. The van der Waals surface area contributed by atoms with E-state index in [9.17, 15) is 14.7 Å². The number of nitrogens with one attached hydrogen (secondary N) is 1. The van der Waals surface area contributed by atoms with Crippen molar-refractivity contribution in [1.82, 2.24) is 15.1 Å². The van der Waals surface area contributed by atoms with Crippen molar-refractivity contribution >= 4 is 17.6 Å². The maximum Gasteiger partial charge on any atom is 0.356 e. The lowest BCUT2D eigenvalue weighted by molar-refractivity contribution is -0.131. The number of likely N-dealkylation sites (N-methyl/N-ethyl adjacent to an activating group) is 1. The maximum atomic E-state index is 12.7. The molecule has 25 heavy (non-hydrogen) atoms. The molecular formula is C18H20N4O3. The van der Waals surface area contributed by atoms with Gasteiger partial charge in [0, 0.05) is 50.0 Å². The molecule has 4 rings (SSSR count). The van der Waals surface area contributed by atoms with E-state index in [1.165, 1.54) is 11.3 Å². The minimum Gasteiger partial charge on any atom is -0.476 e. The van der Waals surface area contributed by atoms with Crippen molar-refractivity contribution in [2.24, 2.45) is 0 Å². The first-order valence-corrected chi connectivity index (χ1v) is 8.43. The summed E-state index contributed by atoms with van der Waals surface area (Å²) < 4.78 is 0. The Morgan fingerprint density at radius 2 is 2.12 bits per heavy atom. The van der Waals surface area contributed by atoms with E-state index in [1.54, 1.807) is 4.90 Å². The molecule has 0 bridgehead atoms. The predicted molar refractivity (Wildman–Crippen MR) is 91.8 cm³/mol. The van der Waals surface area contributed by atoms with Gasteiger partial charge < -0.3 is 14.9 Å². The van der Waals surface area contributed by atoms with E-state index in [0.29, 0.717) is 31.5 Å². The van der Waals surface area contributed by atoms with Crippen LogP contribution in [0.25, 0.3) is 0 Å². The van der Waals surface area contributed by atoms with Crippen LogP contribution in [0, 0.1) is 0 Å². The van der Waals surface area contributed by atoms with E-state index in [0.717, 1.165) is 24.2 Å². The maximum absolute atomic E-state index is 12.7. The molecule has 0 unspecified atom stereocenters. The fourth-order valence-electron chi connectivity index (χ4n) is 3.70. The normalized spacial score (nSPS) is 15.9. The highest BCUT2D eigenvalue weighted by atomic mass is 16.4. The fourth-order valence-corrected chi connectivity index (χ4v) is 3.70. The van der Waals surface area contributed by atoms with Gasteiger partial charge in [0.2, 0.25) is 5.91 Å². The Morgan fingerprint density at radius 3 is 2.92 bits per heavy atom. The van der Waals surface area contributed by atoms with Crippen molar-refractivity contribution in [3.63, 3.8) is 0 Å². The first kappa shape index (κ1) is 15.7. The molecule has 0 saturated carbocycles. The molecule has 0 aliphatic carbocycles. The third-order valence-corrected chi connectivity index (χ3v) is 5.12. The number of carboxylic acid groups (broad SMARTS) is 1. The summed E-state index contributed by atoms with van der Waals surface area (Å²) in [6, 6.07) is 6.21. The number of anilines is 1. The number of benzene rings is 1. The van der Waals surface area contributed by atoms with Gasteiger partial charge in [-0.25, -0.2) is 4.79 Å². The van der Waals surface area contributed by atoms with Crippen LogP contribution in [0.5, 0.6) is 0 Å². The Morgan fingerprint density at radius 1 is 1.28 bits per heavy atom. The molecule has 1 aromatic heterocycles. The lowest BCUT2D eigenvalue weighted by Gasteiger charge is -2.27. The van der Waals surface area contributed by atoms with Crippen molar-refractivity contribution in [1.29, 1.82) is 0 Å². The molecule has 1 amide bonds. The number of nitrogens with zero attached hydrogens (tertiary/aromatic N) is 3. The lowest BCUT2D eigenvalue weighted by Crippen LogP contribution is -2.37. The zero-order valence-electron chi connectivity index (χ0n) is 14.1. The van der Waals surface area contributed by atoms with Crippen LogP contribution >= 0.6 is 0 Å². The Hall–Kier alpha value is -2.83. The SMILES string of the molecule is CN1CCc2cc(CC(=O)N3CCc4[nH]nc(C(=O)O)c4C3)ccc21. The summed E-state index contributed by atoms with van der Waals surface area (Å²) in [4.78, 5) is 27.9. The molecule has 130 valence electrons. The number of hydrogen-bond donors (Lipinski definition) is 2. The summed E-state index contributed by atoms with van der Waals surface area (Å²) in [7, 11) is 2.08. The van der Waals surface area contributed by atoms with E-state index in [-0.39, 0.29) is 11.6 Å². The summed E-state index contributed by atoms with van der Waals surface area (Å²) in [5, 5.41) is 15.8. The Balaban J connectivity index is 1.49. The quantitative estimate of drug-likeness (QED) is 0.877. The number of carbonyl (C=O) groups is 2. The number of amides is 1. The molecule has 2 aliphatic heterocycles. The Kier molecular flexibility index (Phi) is 3.71. The molecule has 0 radical (unpaired) electrons. The molecular weight excluding hydrogens is 320 g/mol. The van der Waals surface area contributed by atoms with Crippen LogP contribution in [0.3, 0.4) is 0 Å². The molecule has 7 nitrogen and oxygen atoms in total. The second-order valence-electron chi connectivity index (χ2n) is 6.71. The smallest absolute Gasteiger partial charge is 0.356 e. The van der Waals surface area contributed by atoms with E-state index in [1.807, 2.05) is 6.07 Å². The highest BCUT2D eigenvalue weighted by molar-refractivity contribution is 5.88. The number of aromatic nitrogens is 2. The van der Waals surface area contributed by atoms with Crippen LogP contribution in [0.4, 0.5) is 5.69 Å². The van der Waals surface area contributed by atoms with Gasteiger partial charge in [0.1, 0.15) is 0 Å². The average molecular weight is 340 g/mol. The van der Waals surface area contributed by atoms with Gasteiger partial charge >= 0.3 is 5.97 Å². The minimum absolute atomic E-state index is 0.0214. The monoisotopic (exact) mass is 340 g/mol. The van der Waals surface area contributed by atoms with E-state index in [4.69, 9.17) is 0 Å². The van der Waals surface area contributed by atoms with Crippen molar-refractivity contribution in [3.05, 3.63) is 46.3 Å². The first-order chi connectivity index (χ1) is 12.0. The summed E-state index contributed by atoms with van der Waals surface area (Å²) in [6.07, 6.45) is 1.96. The predicted octanol–water partition coefficient (Wildman–Crippen LogP) is 1.23. The largest absolute Gasteiger partial charge is 0.476 e. The summed E-state index contributed by atoms with van der Waals surface area (Å²) >= 11 is 0. The highest BCUT2D eigenvalue weighted by Gasteiger charge is 2.27. The number of carboxylic acids is 1. The summed E-state index contributed by atoms with van der Waals surface area (Å²) in [6.45, 7) is 1.90. The number of aromatic carboxylic acids is 1. The lowest BCUT2D eigenvalue weighted by atomic mass is 10.0. The van der Waals surface area contributed by atoms with Crippen molar-refractivity contribution in [2.45, 2.75) is 25.8 Å². The number of H-pyrrole nitrogens is 1. The van der Waals surface area contributed by atoms with Crippen LogP contribution in [-0.2, 0) is 30.6 Å². The van der Waals surface area contributed by atoms with Crippen molar-refractivity contribution in [2.75, 3.05) is 25.0 Å². The second kappa shape index (κ2) is 5.91. The van der Waals surface area contributed by atoms with Crippen LogP contribution < -0.4 is 4.90 Å². The number of aromatic amines is 1. The van der Waals surface area contributed by atoms with E-state index < -0.39 is 5.97 Å². The molecule has 3 heterocycles. The number of rotatable bonds is 3. The molecule has 0 atom stereocenters. The average Bonchev–Trinajstić information content (AvgIpc) is 3.18. The van der Waals surface area contributed by atoms with Gasteiger partial charge in [-0.3, -0.25) is 9.89 Å². The van der Waals surface area contributed by atoms with Crippen LogP contribution in [0.2, 0.25) is 0 Å². The Labute approximate surface area is 145 Å². The highest BCUT2D eigenvalue weighted by Crippen LogP contribution is 2.28. The minimum atomic E-state index is -1.06. The van der Waals surface area contributed by atoms with E-state index in [2.05, 4.69) is 34.3 Å². The third kappa shape index (κ3) is 2.75. The third-order valence-electron chi connectivity index (χ3n) is 5.12. The fraction of sp³-hybridized carbons (Fsp3) is 0.389. The number of fused-ring (bicyclic) bond motifs is 2. The molecule has 0 spiro atoms. The van der Waals surface area contributed by atoms with Gasteiger partial charge in [-0.15, -0.1) is 0 Å². The van der Waals surface area contributed by atoms with Gasteiger partial charge in [0.15, 0.2) is 5.69 Å². The van der Waals surface area contributed by atoms with Gasteiger partial charge in [0.05, 0.1) is 6.42 Å². The molecule has 2 N–H and O–H groups in total. The summed E-state index contributed by atoms with van der Waals surface area (Å²) in [5.74, 6) is -1.04. The standard InChI is InChI=1S/C18H20N4O3/c1-21-6-4-12-8-11(2-3-15(12)21)9-16(23)22-7-5-14-13(10-22)17(18(24)25)20-19-14/h2-3,8H,4-7,9-10H2,1H3,(H,19,20)(H,24,25). The second-order valence-corrected chi connectivity index (χ2v) is 6.71. The van der Waals surface area contributed by atoms with Gasteiger partial charge in [-0.1, -0.05) is 12.1 Å². The van der Waals surface area contributed by atoms with Crippen molar-refractivity contribution in [3.8, 4) is 0 Å². The van der Waals surface area contributed by atoms with Crippen LogP contribution in [0.1, 0.15) is 32.9 Å². The van der Waals surface area contributed by atoms with Crippen LogP contribution in [0.15, 0.2) is 18.2 Å². The molecule has 2 aliphatic rings.